The fraction of sp³-hybridized carbons (Fsp3) is 0.400. The summed E-state index contributed by atoms with van der Waals surface area (Å²) < 4.78 is 12.8. The molecule has 0 spiro atoms. The summed E-state index contributed by atoms with van der Waals surface area (Å²) in [5.74, 6) is 0.250. The number of halogens is 1. The molecule has 1 saturated heterocycles. The highest BCUT2D eigenvalue weighted by Gasteiger charge is 2.21. The number of hydrogen-bond acceptors (Lipinski definition) is 2. The van der Waals surface area contributed by atoms with Gasteiger partial charge in [0, 0.05) is 18.8 Å². The first-order chi connectivity index (χ1) is 6.25. The summed E-state index contributed by atoms with van der Waals surface area (Å²) in [4.78, 5) is 1.99. The van der Waals surface area contributed by atoms with E-state index in [4.69, 9.17) is 5.11 Å². The van der Waals surface area contributed by atoms with E-state index in [1.165, 1.54) is 0 Å². The molecular formula is C10H12FNO. The van der Waals surface area contributed by atoms with Crippen molar-refractivity contribution in [1.29, 1.82) is 0 Å². The maximum Gasteiger partial charge on any atom is 0.119 e. The SMILES string of the molecule is Oc1ccc(N2CCC(F)C2)cc1. The normalized spacial score (nSPS) is 22.2. The fourth-order valence-corrected chi connectivity index (χ4v) is 1.62. The Hall–Kier alpha value is -1.25. The molecule has 0 aliphatic carbocycles. The van der Waals surface area contributed by atoms with Crippen LogP contribution in [-0.2, 0) is 0 Å². The quantitative estimate of drug-likeness (QED) is 0.715. The van der Waals surface area contributed by atoms with Crippen molar-refractivity contribution in [3.8, 4) is 5.75 Å². The molecule has 1 atom stereocenters. The highest BCUT2D eigenvalue weighted by atomic mass is 19.1. The Morgan fingerprint density at radius 2 is 2.00 bits per heavy atom. The second-order valence-electron chi connectivity index (χ2n) is 3.35. The average molecular weight is 181 g/mol. The first-order valence-electron chi connectivity index (χ1n) is 4.44. The molecule has 1 aliphatic heterocycles. The van der Waals surface area contributed by atoms with E-state index in [2.05, 4.69) is 0 Å². The molecule has 1 fully saturated rings. The lowest BCUT2D eigenvalue weighted by atomic mass is 10.3. The first-order valence-corrected chi connectivity index (χ1v) is 4.44. The summed E-state index contributed by atoms with van der Waals surface area (Å²) in [6.45, 7) is 1.25. The van der Waals surface area contributed by atoms with Crippen molar-refractivity contribution >= 4 is 5.69 Å². The van der Waals surface area contributed by atoms with Crippen molar-refractivity contribution in [2.45, 2.75) is 12.6 Å². The average Bonchev–Trinajstić information content (AvgIpc) is 2.53. The third-order valence-corrected chi connectivity index (χ3v) is 2.35. The number of benzene rings is 1. The third-order valence-electron chi connectivity index (χ3n) is 2.35. The van der Waals surface area contributed by atoms with Crippen molar-refractivity contribution in [3.63, 3.8) is 0 Å². The molecular weight excluding hydrogens is 169 g/mol. The molecule has 2 rings (SSSR count). The highest BCUT2D eigenvalue weighted by Crippen LogP contribution is 2.23. The topological polar surface area (TPSA) is 23.5 Å². The number of alkyl halides is 1. The highest BCUT2D eigenvalue weighted by molar-refractivity contribution is 5.49. The minimum absolute atomic E-state index is 0.250. The summed E-state index contributed by atoms with van der Waals surface area (Å²) in [7, 11) is 0. The second kappa shape index (κ2) is 3.24. The van der Waals surface area contributed by atoms with Crippen molar-refractivity contribution < 1.29 is 9.50 Å². The number of hydrogen-bond donors (Lipinski definition) is 1. The lowest BCUT2D eigenvalue weighted by Crippen LogP contribution is -2.19. The van der Waals surface area contributed by atoms with E-state index in [-0.39, 0.29) is 5.75 Å². The molecule has 13 heavy (non-hydrogen) atoms. The van der Waals surface area contributed by atoms with E-state index in [1.807, 2.05) is 17.0 Å². The summed E-state index contributed by atoms with van der Waals surface area (Å²) in [6, 6.07) is 6.88. The Morgan fingerprint density at radius 3 is 2.54 bits per heavy atom. The number of phenolic OH excluding ortho intramolecular Hbond substituents is 1. The molecule has 70 valence electrons. The van der Waals surface area contributed by atoms with Crippen LogP contribution in [0, 0.1) is 0 Å². The molecule has 1 N–H and O–H groups in total. The van der Waals surface area contributed by atoms with E-state index < -0.39 is 6.17 Å². The van der Waals surface area contributed by atoms with E-state index in [9.17, 15) is 4.39 Å². The van der Waals surface area contributed by atoms with E-state index in [0.29, 0.717) is 13.0 Å². The summed E-state index contributed by atoms with van der Waals surface area (Å²) in [5, 5.41) is 9.06. The predicted octanol–water partition coefficient (Wildman–Crippen LogP) is 1.94. The molecule has 0 radical (unpaired) electrons. The van der Waals surface area contributed by atoms with Crippen LogP contribution in [0.5, 0.6) is 5.75 Å². The lowest BCUT2D eigenvalue weighted by molar-refractivity contribution is 0.364. The van der Waals surface area contributed by atoms with Gasteiger partial charge in [-0.3, -0.25) is 0 Å². The van der Waals surface area contributed by atoms with Crippen LogP contribution in [0.4, 0.5) is 10.1 Å². The Balaban J connectivity index is 2.13. The van der Waals surface area contributed by atoms with E-state index in [1.54, 1.807) is 12.1 Å². The fourth-order valence-electron chi connectivity index (χ4n) is 1.62. The van der Waals surface area contributed by atoms with Crippen molar-refractivity contribution in [3.05, 3.63) is 24.3 Å². The Morgan fingerprint density at radius 1 is 1.31 bits per heavy atom. The van der Waals surface area contributed by atoms with Crippen LogP contribution in [0.2, 0.25) is 0 Å². The van der Waals surface area contributed by atoms with Gasteiger partial charge in [-0.15, -0.1) is 0 Å². The minimum Gasteiger partial charge on any atom is -0.508 e. The maximum atomic E-state index is 12.8. The van der Waals surface area contributed by atoms with E-state index in [0.717, 1.165) is 12.2 Å². The van der Waals surface area contributed by atoms with Gasteiger partial charge < -0.3 is 10.0 Å². The number of rotatable bonds is 1. The number of aromatic hydroxyl groups is 1. The van der Waals surface area contributed by atoms with Crippen LogP contribution >= 0.6 is 0 Å². The van der Waals surface area contributed by atoms with Crippen LogP contribution in [0.25, 0.3) is 0 Å². The van der Waals surface area contributed by atoms with Gasteiger partial charge in [0.15, 0.2) is 0 Å². The van der Waals surface area contributed by atoms with Gasteiger partial charge in [0.05, 0.1) is 0 Å². The summed E-state index contributed by atoms with van der Waals surface area (Å²) in [6.07, 6.45) is -0.0882. The maximum absolute atomic E-state index is 12.8. The van der Waals surface area contributed by atoms with Gasteiger partial charge in [0.1, 0.15) is 11.9 Å². The lowest BCUT2D eigenvalue weighted by Gasteiger charge is -2.16. The van der Waals surface area contributed by atoms with Crippen LogP contribution < -0.4 is 4.90 Å². The molecule has 1 unspecified atom stereocenters. The zero-order valence-corrected chi connectivity index (χ0v) is 7.28. The van der Waals surface area contributed by atoms with Crippen LogP contribution in [0.3, 0.4) is 0 Å². The predicted molar refractivity (Wildman–Crippen MR) is 49.8 cm³/mol. The van der Waals surface area contributed by atoms with Crippen molar-refractivity contribution in [2.24, 2.45) is 0 Å². The molecule has 2 nitrogen and oxygen atoms in total. The molecule has 0 saturated carbocycles. The van der Waals surface area contributed by atoms with Gasteiger partial charge in [0.25, 0.3) is 0 Å². The van der Waals surface area contributed by atoms with Crippen molar-refractivity contribution in [1.82, 2.24) is 0 Å². The number of phenols is 1. The van der Waals surface area contributed by atoms with Crippen molar-refractivity contribution in [2.75, 3.05) is 18.0 Å². The van der Waals surface area contributed by atoms with Gasteiger partial charge in [-0.1, -0.05) is 0 Å². The molecule has 0 aromatic heterocycles. The zero-order chi connectivity index (χ0) is 9.26. The Labute approximate surface area is 76.6 Å². The number of anilines is 1. The molecule has 0 amide bonds. The van der Waals surface area contributed by atoms with Gasteiger partial charge in [-0.05, 0) is 30.7 Å². The zero-order valence-electron chi connectivity index (χ0n) is 7.28. The molecule has 1 aliphatic rings. The van der Waals surface area contributed by atoms with Gasteiger partial charge in [-0.2, -0.15) is 0 Å². The summed E-state index contributed by atoms with van der Waals surface area (Å²) in [5.41, 5.74) is 0.984. The van der Waals surface area contributed by atoms with Gasteiger partial charge in [0.2, 0.25) is 0 Å². The minimum atomic E-state index is -0.700. The smallest absolute Gasteiger partial charge is 0.119 e. The van der Waals surface area contributed by atoms with Crippen LogP contribution in [0.1, 0.15) is 6.42 Å². The van der Waals surface area contributed by atoms with Gasteiger partial charge in [-0.25, -0.2) is 4.39 Å². The molecule has 3 heteroatoms. The summed E-state index contributed by atoms with van der Waals surface area (Å²) >= 11 is 0. The van der Waals surface area contributed by atoms with Crippen LogP contribution in [-0.4, -0.2) is 24.4 Å². The molecule has 0 bridgehead atoms. The van der Waals surface area contributed by atoms with Crippen LogP contribution in [0.15, 0.2) is 24.3 Å². The Bertz CT molecular complexity index is 285. The third kappa shape index (κ3) is 1.74. The molecule has 1 aromatic rings. The molecule has 1 aromatic carbocycles. The van der Waals surface area contributed by atoms with E-state index >= 15 is 0 Å². The number of nitrogens with zero attached hydrogens (tertiary/aromatic N) is 1. The Kier molecular flexibility index (Phi) is 2.08. The second-order valence-corrected chi connectivity index (χ2v) is 3.35. The monoisotopic (exact) mass is 181 g/mol. The standard InChI is InChI=1S/C10H12FNO/c11-8-5-6-12(7-8)9-1-3-10(13)4-2-9/h1-4,8,13H,5-7H2. The largest absolute Gasteiger partial charge is 0.508 e. The first kappa shape index (κ1) is 8.35. The molecule has 1 heterocycles. The van der Waals surface area contributed by atoms with Gasteiger partial charge >= 0.3 is 0 Å².